The fourth-order valence-corrected chi connectivity index (χ4v) is 2.40. The first-order valence-corrected chi connectivity index (χ1v) is 7.28. The number of benzene rings is 1. The summed E-state index contributed by atoms with van der Waals surface area (Å²) < 4.78 is 1.86. The topological polar surface area (TPSA) is 55.1 Å². The number of aromatic nitrogens is 2. The number of carboxylic acids is 1. The normalized spacial score (nSPS) is 12.6. The fourth-order valence-electron chi connectivity index (χ4n) is 2.40. The van der Waals surface area contributed by atoms with Crippen LogP contribution in [0, 0.1) is 12.8 Å². The predicted molar refractivity (Wildman–Crippen MR) is 82.3 cm³/mol. The van der Waals surface area contributed by atoms with Crippen LogP contribution in [0.25, 0.3) is 0 Å². The minimum absolute atomic E-state index is 0.291. The molecule has 0 aliphatic heterocycles. The van der Waals surface area contributed by atoms with Crippen molar-refractivity contribution in [1.82, 2.24) is 9.78 Å². The highest BCUT2D eigenvalue weighted by Gasteiger charge is 2.20. The lowest BCUT2D eigenvalue weighted by molar-refractivity contribution is -0.141. The van der Waals surface area contributed by atoms with E-state index in [1.165, 1.54) is 0 Å². The second kappa shape index (κ2) is 6.57. The van der Waals surface area contributed by atoms with Gasteiger partial charge in [0.25, 0.3) is 0 Å². The summed E-state index contributed by atoms with van der Waals surface area (Å²) in [6.07, 6.45) is 2.90. The van der Waals surface area contributed by atoms with E-state index in [1.54, 1.807) is 0 Å². The molecule has 0 aliphatic carbocycles. The molecule has 2 aromatic rings. The molecule has 1 unspecified atom stereocenters. The summed E-state index contributed by atoms with van der Waals surface area (Å²) in [4.78, 5) is 11.5. The van der Waals surface area contributed by atoms with Crippen molar-refractivity contribution < 1.29 is 9.90 Å². The Hall–Kier alpha value is -2.10. The first kappa shape index (κ1) is 15.3. The molecular formula is C17H22N2O2. The van der Waals surface area contributed by atoms with E-state index in [2.05, 4.69) is 18.9 Å². The molecule has 0 bridgehead atoms. The SMILES string of the molecule is Cc1cccc(CC(Cc2ccn(C(C)C)n2)C(=O)O)c1. The second-order valence-electron chi connectivity index (χ2n) is 5.81. The van der Waals surface area contributed by atoms with E-state index in [0.717, 1.165) is 16.8 Å². The zero-order chi connectivity index (χ0) is 15.4. The third kappa shape index (κ3) is 4.18. The summed E-state index contributed by atoms with van der Waals surface area (Å²) >= 11 is 0. The molecule has 1 N–H and O–H groups in total. The highest BCUT2D eigenvalue weighted by Crippen LogP contribution is 2.16. The summed E-state index contributed by atoms with van der Waals surface area (Å²) in [6, 6.07) is 10.2. The van der Waals surface area contributed by atoms with E-state index in [9.17, 15) is 9.90 Å². The molecule has 1 aromatic carbocycles. The number of hydrogen-bond acceptors (Lipinski definition) is 2. The summed E-state index contributed by atoms with van der Waals surface area (Å²) in [5, 5.41) is 13.9. The van der Waals surface area contributed by atoms with Crippen LogP contribution < -0.4 is 0 Å². The first-order valence-electron chi connectivity index (χ1n) is 7.28. The summed E-state index contributed by atoms with van der Waals surface area (Å²) in [5.41, 5.74) is 3.05. The standard InChI is InChI=1S/C17H22N2O2/c1-12(2)19-8-7-16(18-19)11-15(17(20)21)10-14-6-4-5-13(3)9-14/h4-9,12,15H,10-11H2,1-3H3,(H,20,21). The maximum Gasteiger partial charge on any atom is 0.307 e. The van der Waals surface area contributed by atoms with Crippen LogP contribution in [0.5, 0.6) is 0 Å². The van der Waals surface area contributed by atoms with E-state index < -0.39 is 11.9 Å². The van der Waals surface area contributed by atoms with E-state index in [0.29, 0.717) is 18.9 Å². The van der Waals surface area contributed by atoms with Gasteiger partial charge >= 0.3 is 5.97 Å². The van der Waals surface area contributed by atoms with Gasteiger partial charge in [0.1, 0.15) is 0 Å². The summed E-state index contributed by atoms with van der Waals surface area (Å²) in [6.45, 7) is 6.12. The van der Waals surface area contributed by atoms with E-state index in [1.807, 2.05) is 48.1 Å². The van der Waals surface area contributed by atoms with Crippen LogP contribution in [0.15, 0.2) is 36.5 Å². The summed E-state index contributed by atoms with van der Waals surface area (Å²) in [5.74, 6) is -1.21. The monoisotopic (exact) mass is 286 g/mol. The molecule has 0 amide bonds. The quantitative estimate of drug-likeness (QED) is 0.886. The van der Waals surface area contributed by atoms with Crippen LogP contribution in [0.3, 0.4) is 0 Å². The van der Waals surface area contributed by atoms with Crippen LogP contribution in [-0.2, 0) is 17.6 Å². The maximum atomic E-state index is 11.5. The molecule has 0 spiro atoms. The van der Waals surface area contributed by atoms with Crippen molar-refractivity contribution in [3.05, 3.63) is 53.3 Å². The molecule has 21 heavy (non-hydrogen) atoms. The smallest absolute Gasteiger partial charge is 0.307 e. The number of aliphatic carboxylic acids is 1. The van der Waals surface area contributed by atoms with Crippen LogP contribution in [0.2, 0.25) is 0 Å². The van der Waals surface area contributed by atoms with Crippen LogP contribution in [0.4, 0.5) is 0 Å². The molecule has 1 atom stereocenters. The highest BCUT2D eigenvalue weighted by molar-refractivity contribution is 5.70. The van der Waals surface area contributed by atoms with Gasteiger partial charge in [0.2, 0.25) is 0 Å². The van der Waals surface area contributed by atoms with Gasteiger partial charge in [-0.25, -0.2) is 0 Å². The van der Waals surface area contributed by atoms with Crippen molar-refractivity contribution >= 4 is 5.97 Å². The number of carbonyl (C=O) groups is 1. The van der Waals surface area contributed by atoms with Crippen molar-refractivity contribution in [2.75, 3.05) is 0 Å². The van der Waals surface area contributed by atoms with Crippen molar-refractivity contribution in [2.24, 2.45) is 5.92 Å². The lowest BCUT2D eigenvalue weighted by Crippen LogP contribution is -2.19. The van der Waals surface area contributed by atoms with Gasteiger partial charge in [0, 0.05) is 18.7 Å². The van der Waals surface area contributed by atoms with E-state index in [4.69, 9.17) is 0 Å². The molecule has 0 saturated heterocycles. The largest absolute Gasteiger partial charge is 0.481 e. The molecule has 0 aliphatic rings. The van der Waals surface area contributed by atoms with Crippen molar-refractivity contribution in [1.29, 1.82) is 0 Å². The zero-order valence-electron chi connectivity index (χ0n) is 12.8. The zero-order valence-corrected chi connectivity index (χ0v) is 12.8. The average molecular weight is 286 g/mol. The number of hydrogen-bond donors (Lipinski definition) is 1. The van der Waals surface area contributed by atoms with E-state index in [-0.39, 0.29) is 0 Å². The van der Waals surface area contributed by atoms with Crippen molar-refractivity contribution in [3.8, 4) is 0 Å². The molecule has 2 rings (SSSR count). The molecule has 0 saturated carbocycles. The number of carboxylic acid groups (broad SMARTS) is 1. The van der Waals surface area contributed by atoms with Gasteiger partial charge in [-0.05, 0) is 38.8 Å². The van der Waals surface area contributed by atoms with Gasteiger partial charge < -0.3 is 5.11 Å². The van der Waals surface area contributed by atoms with E-state index >= 15 is 0 Å². The minimum atomic E-state index is -0.768. The molecule has 1 heterocycles. The second-order valence-corrected chi connectivity index (χ2v) is 5.81. The minimum Gasteiger partial charge on any atom is -0.481 e. The molecule has 112 valence electrons. The third-order valence-corrected chi connectivity index (χ3v) is 3.56. The van der Waals surface area contributed by atoms with Crippen molar-refractivity contribution in [2.45, 2.75) is 39.7 Å². The predicted octanol–water partition coefficient (Wildman–Crippen LogP) is 3.26. The van der Waals surface area contributed by atoms with Gasteiger partial charge in [0.15, 0.2) is 0 Å². The average Bonchev–Trinajstić information content (AvgIpc) is 2.86. The van der Waals surface area contributed by atoms with Crippen molar-refractivity contribution in [3.63, 3.8) is 0 Å². The van der Waals surface area contributed by atoms with Gasteiger partial charge in [-0.15, -0.1) is 0 Å². The van der Waals surface area contributed by atoms with Crippen LogP contribution in [-0.4, -0.2) is 20.9 Å². The number of rotatable bonds is 6. The first-order chi connectivity index (χ1) is 9.95. The highest BCUT2D eigenvalue weighted by atomic mass is 16.4. The Labute approximate surface area is 125 Å². The summed E-state index contributed by atoms with van der Waals surface area (Å²) in [7, 11) is 0. The Morgan fingerprint density at radius 3 is 2.62 bits per heavy atom. The van der Waals surface area contributed by atoms with Gasteiger partial charge in [-0.3, -0.25) is 9.48 Å². The molecular weight excluding hydrogens is 264 g/mol. The lowest BCUT2D eigenvalue weighted by atomic mass is 9.94. The molecule has 0 fully saturated rings. The Bertz CT molecular complexity index is 617. The Morgan fingerprint density at radius 2 is 2.05 bits per heavy atom. The Morgan fingerprint density at radius 1 is 1.29 bits per heavy atom. The van der Waals surface area contributed by atoms with Gasteiger partial charge in [-0.2, -0.15) is 5.10 Å². The molecule has 4 heteroatoms. The maximum absolute atomic E-state index is 11.5. The Kier molecular flexibility index (Phi) is 4.78. The lowest BCUT2D eigenvalue weighted by Gasteiger charge is -2.12. The van der Waals surface area contributed by atoms with Gasteiger partial charge in [0.05, 0.1) is 11.6 Å². The fraction of sp³-hybridized carbons (Fsp3) is 0.412. The molecule has 1 aromatic heterocycles. The number of aryl methyl sites for hydroxylation is 1. The van der Waals surface area contributed by atoms with Crippen LogP contribution >= 0.6 is 0 Å². The molecule has 4 nitrogen and oxygen atoms in total. The van der Waals surface area contributed by atoms with Crippen LogP contribution in [0.1, 0.15) is 36.7 Å². The number of nitrogens with zero attached hydrogens (tertiary/aromatic N) is 2. The van der Waals surface area contributed by atoms with Gasteiger partial charge in [-0.1, -0.05) is 29.8 Å². The third-order valence-electron chi connectivity index (χ3n) is 3.56. The molecule has 0 radical (unpaired) electrons. The Balaban J connectivity index is 2.10.